The van der Waals surface area contributed by atoms with Crippen LogP contribution >= 0.6 is 0 Å². The van der Waals surface area contributed by atoms with E-state index in [9.17, 15) is 9.59 Å². The van der Waals surface area contributed by atoms with Crippen molar-refractivity contribution in [3.8, 4) is 0 Å². The highest BCUT2D eigenvalue weighted by Gasteiger charge is 1.99. The molecule has 0 rings (SSSR count). The summed E-state index contributed by atoms with van der Waals surface area (Å²) < 4.78 is 0. The average molecular weight is 451 g/mol. The molecule has 0 heterocycles. The number of hydrogen-bond donors (Lipinski definition) is 0. The molecular weight excluding hydrogens is 392 g/mol. The van der Waals surface area contributed by atoms with Crippen LogP contribution in [-0.2, 0) is 9.59 Å². The van der Waals surface area contributed by atoms with E-state index in [1.165, 1.54) is 116 Å². The molecule has 0 aliphatic rings. The van der Waals surface area contributed by atoms with Crippen LogP contribution in [0.2, 0.25) is 0 Å². The minimum absolute atomic E-state index is 0.144. The van der Waals surface area contributed by atoms with E-state index in [0.29, 0.717) is 5.78 Å². The monoisotopic (exact) mass is 450 g/mol. The van der Waals surface area contributed by atoms with Gasteiger partial charge in [-0.3, -0.25) is 4.79 Å². The van der Waals surface area contributed by atoms with Crippen molar-refractivity contribution in [1.29, 1.82) is 0 Å². The summed E-state index contributed by atoms with van der Waals surface area (Å²) >= 11 is 0. The van der Waals surface area contributed by atoms with Crippen LogP contribution in [0.4, 0.5) is 0 Å². The van der Waals surface area contributed by atoms with Gasteiger partial charge >= 0.3 is 0 Å². The summed E-state index contributed by atoms with van der Waals surface area (Å²) in [5, 5.41) is 0. The number of hydrogen-bond acceptors (Lipinski definition) is 2. The summed E-state index contributed by atoms with van der Waals surface area (Å²) in [6.07, 6.45) is 28.7. The zero-order valence-corrected chi connectivity index (χ0v) is 22.6. The molecule has 0 aromatic heterocycles. The second kappa shape index (κ2) is 28.1. The zero-order chi connectivity index (χ0) is 24.3. The lowest BCUT2D eigenvalue weighted by Gasteiger charge is -2.03. The number of ketones is 2. The molecular formula is C30H58O2. The van der Waals surface area contributed by atoms with E-state index in [-0.39, 0.29) is 5.78 Å². The topological polar surface area (TPSA) is 34.1 Å². The van der Waals surface area contributed by atoms with Crippen molar-refractivity contribution in [2.45, 2.75) is 169 Å². The van der Waals surface area contributed by atoms with Crippen LogP contribution < -0.4 is 0 Å². The highest BCUT2D eigenvalue weighted by atomic mass is 16.1. The normalized spacial score (nSPS) is 10.5. The van der Waals surface area contributed by atoms with Crippen LogP contribution in [0, 0.1) is 0 Å². The summed E-state index contributed by atoms with van der Waals surface area (Å²) in [5.41, 5.74) is 0.784. The summed E-state index contributed by atoms with van der Waals surface area (Å²) in [6, 6.07) is 0. The third kappa shape index (κ3) is 31.3. The number of carbonyl (C=O) groups excluding carboxylic acids is 2. The summed E-state index contributed by atoms with van der Waals surface area (Å²) in [6.45, 7) is 11.5. The Morgan fingerprint density at radius 1 is 0.469 bits per heavy atom. The van der Waals surface area contributed by atoms with E-state index in [4.69, 9.17) is 0 Å². The third-order valence-electron chi connectivity index (χ3n) is 6.21. The Balaban J connectivity index is 0. The maximum atomic E-state index is 10.8. The van der Waals surface area contributed by atoms with Crippen LogP contribution in [-0.4, -0.2) is 11.6 Å². The second-order valence-electron chi connectivity index (χ2n) is 9.73. The first kappa shape index (κ1) is 33.3. The van der Waals surface area contributed by atoms with Gasteiger partial charge in [-0.15, -0.1) is 0 Å². The summed E-state index contributed by atoms with van der Waals surface area (Å²) in [7, 11) is 0. The first-order valence-electron chi connectivity index (χ1n) is 14.1. The molecule has 0 saturated carbocycles. The molecule has 0 unspecified atom stereocenters. The highest BCUT2D eigenvalue weighted by Crippen LogP contribution is 2.14. The van der Waals surface area contributed by atoms with Gasteiger partial charge < -0.3 is 4.79 Å². The third-order valence-corrected chi connectivity index (χ3v) is 6.21. The quantitative estimate of drug-likeness (QED) is 0.115. The lowest BCUT2D eigenvalue weighted by molar-refractivity contribution is -0.117. The van der Waals surface area contributed by atoms with Crippen molar-refractivity contribution >= 4 is 11.6 Å². The molecule has 0 aliphatic carbocycles. The van der Waals surface area contributed by atoms with Gasteiger partial charge in [0.25, 0.3) is 0 Å². The standard InChI is InChI=1S/C19H38O.C11H20O/c1-3-4-5-6-7-8-9-10-11-12-13-14-15-16-17-18-19(2)20;1-4-5-6-7-8-9-10(2)11(3)12/h3-18H2,1-2H3;2,4-9H2,1,3H3. The fraction of sp³-hybridized carbons (Fsp3) is 0.867. The molecule has 0 aliphatic heterocycles. The Morgan fingerprint density at radius 2 is 0.750 bits per heavy atom. The van der Waals surface area contributed by atoms with Gasteiger partial charge in [0, 0.05) is 6.42 Å². The second-order valence-corrected chi connectivity index (χ2v) is 9.73. The van der Waals surface area contributed by atoms with Gasteiger partial charge in [0.1, 0.15) is 5.78 Å². The molecule has 0 spiro atoms. The van der Waals surface area contributed by atoms with Crippen molar-refractivity contribution in [2.24, 2.45) is 0 Å². The van der Waals surface area contributed by atoms with Gasteiger partial charge in [-0.1, -0.05) is 136 Å². The molecule has 0 amide bonds. The zero-order valence-electron chi connectivity index (χ0n) is 22.6. The maximum Gasteiger partial charge on any atom is 0.155 e. The van der Waals surface area contributed by atoms with Crippen molar-refractivity contribution in [3.05, 3.63) is 12.2 Å². The molecule has 0 radical (unpaired) electrons. The van der Waals surface area contributed by atoms with Crippen molar-refractivity contribution < 1.29 is 9.59 Å². The van der Waals surface area contributed by atoms with Gasteiger partial charge in [-0.25, -0.2) is 0 Å². The number of Topliss-reactive ketones (excluding diaryl/α,β-unsaturated/α-hetero) is 2. The lowest BCUT2D eigenvalue weighted by atomic mass is 10.0. The van der Waals surface area contributed by atoms with E-state index in [1.54, 1.807) is 13.8 Å². The fourth-order valence-corrected chi connectivity index (χ4v) is 3.86. The van der Waals surface area contributed by atoms with Gasteiger partial charge in [-0.05, 0) is 38.7 Å². The predicted octanol–water partition coefficient (Wildman–Crippen LogP) is 10.3. The average Bonchev–Trinajstić information content (AvgIpc) is 2.76. The van der Waals surface area contributed by atoms with E-state index >= 15 is 0 Å². The Hall–Kier alpha value is -0.920. The van der Waals surface area contributed by atoms with Crippen LogP contribution in [0.15, 0.2) is 12.2 Å². The minimum Gasteiger partial charge on any atom is -0.300 e. The number of unbranched alkanes of at least 4 members (excludes halogenated alkanes) is 18. The van der Waals surface area contributed by atoms with Crippen LogP contribution in [0.25, 0.3) is 0 Å². The Kier molecular flexibility index (Phi) is 29.2. The van der Waals surface area contributed by atoms with E-state index < -0.39 is 0 Å². The molecule has 190 valence electrons. The number of rotatable bonds is 23. The fourth-order valence-electron chi connectivity index (χ4n) is 3.86. The first-order chi connectivity index (χ1) is 15.5. The predicted molar refractivity (Wildman–Crippen MR) is 143 cm³/mol. The Labute approximate surface area is 202 Å². The molecule has 0 atom stereocenters. The molecule has 0 aromatic carbocycles. The number of allylic oxidation sites excluding steroid dienone is 1. The van der Waals surface area contributed by atoms with Gasteiger partial charge in [-0.2, -0.15) is 0 Å². The summed E-state index contributed by atoms with van der Waals surface area (Å²) in [5.74, 6) is 0.491. The molecule has 0 N–H and O–H groups in total. The van der Waals surface area contributed by atoms with E-state index in [2.05, 4.69) is 20.4 Å². The van der Waals surface area contributed by atoms with Crippen molar-refractivity contribution in [2.75, 3.05) is 0 Å². The SMILES string of the molecule is C=C(CCCCCCC)C(C)=O.CCCCCCCCCCCCCCCCCC(C)=O. The molecule has 0 fully saturated rings. The van der Waals surface area contributed by atoms with Crippen molar-refractivity contribution in [1.82, 2.24) is 0 Å². The highest BCUT2D eigenvalue weighted by molar-refractivity contribution is 5.92. The molecule has 32 heavy (non-hydrogen) atoms. The van der Waals surface area contributed by atoms with Crippen molar-refractivity contribution in [3.63, 3.8) is 0 Å². The largest absolute Gasteiger partial charge is 0.300 e. The van der Waals surface area contributed by atoms with Crippen LogP contribution in [0.1, 0.15) is 169 Å². The van der Waals surface area contributed by atoms with E-state index in [1.807, 2.05) is 0 Å². The van der Waals surface area contributed by atoms with Gasteiger partial charge in [0.05, 0.1) is 0 Å². The van der Waals surface area contributed by atoms with Crippen LogP contribution in [0.3, 0.4) is 0 Å². The first-order valence-corrected chi connectivity index (χ1v) is 14.1. The van der Waals surface area contributed by atoms with E-state index in [0.717, 1.165) is 31.3 Å². The van der Waals surface area contributed by atoms with Gasteiger partial charge in [0.15, 0.2) is 5.78 Å². The molecule has 0 bridgehead atoms. The molecule has 2 heteroatoms. The lowest BCUT2D eigenvalue weighted by Crippen LogP contribution is -1.94. The maximum absolute atomic E-state index is 10.8. The van der Waals surface area contributed by atoms with Gasteiger partial charge in [0.2, 0.25) is 0 Å². The van der Waals surface area contributed by atoms with Crippen LogP contribution in [0.5, 0.6) is 0 Å². The Morgan fingerprint density at radius 3 is 1.03 bits per heavy atom. The summed E-state index contributed by atoms with van der Waals surface area (Å²) in [4.78, 5) is 21.5. The molecule has 0 saturated heterocycles. The minimum atomic E-state index is 0.144. The number of carbonyl (C=O) groups is 2. The molecule has 2 nitrogen and oxygen atoms in total. The smallest absolute Gasteiger partial charge is 0.155 e. The Bertz CT molecular complexity index is 425. The molecule has 0 aromatic rings.